The van der Waals surface area contributed by atoms with Crippen molar-refractivity contribution < 1.29 is 24.2 Å². The largest absolute Gasteiger partial charge is 0.481 e. The number of aliphatic carboxylic acids is 1. The Labute approximate surface area is 185 Å². The molecule has 8 nitrogen and oxygen atoms in total. The van der Waals surface area contributed by atoms with Crippen molar-refractivity contribution in [2.75, 3.05) is 12.8 Å². The number of rotatable bonds is 6. The molecule has 31 heavy (non-hydrogen) atoms. The van der Waals surface area contributed by atoms with Crippen LogP contribution in [0.5, 0.6) is 0 Å². The van der Waals surface area contributed by atoms with Crippen molar-refractivity contribution in [2.45, 2.75) is 6.42 Å². The van der Waals surface area contributed by atoms with Gasteiger partial charge < -0.3 is 20.1 Å². The molecule has 9 heteroatoms. The summed E-state index contributed by atoms with van der Waals surface area (Å²) in [7, 11) is 1.15. The predicted molar refractivity (Wildman–Crippen MR) is 115 cm³/mol. The van der Waals surface area contributed by atoms with Crippen LogP contribution in [0.15, 0.2) is 53.1 Å². The highest BCUT2D eigenvalue weighted by Crippen LogP contribution is 2.30. The van der Waals surface area contributed by atoms with Gasteiger partial charge in [-0.2, -0.15) is 5.26 Å². The molecule has 2 aromatic carbocycles. The van der Waals surface area contributed by atoms with Gasteiger partial charge >= 0.3 is 11.9 Å². The standard InChI is InChI=1S/C22H16BrN3O5/c1-31-22(30)20-18(25)14(10-24)11-26(20)19-13(9-17(27)28)3-2-4-16(19)21(29)12-5-7-15(23)8-6-12/h2-8,11H,9,25H2,1H3,(H,27,28). The maximum absolute atomic E-state index is 13.3. The number of aromatic nitrogens is 1. The lowest BCUT2D eigenvalue weighted by molar-refractivity contribution is -0.136. The molecular formula is C22H16BrN3O5. The number of anilines is 1. The van der Waals surface area contributed by atoms with Crippen LogP contribution in [-0.4, -0.2) is 34.5 Å². The van der Waals surface area contributed by atoms with Crippen LogP contribution < -0.4 is 5.73 Å². The third-order valence-corrected chi connectivity index (χ3v) is 5.13. The Hall–Kier alpha value is -3.90. The van der Waals surface area contributed by atoms with E-state index in [1.165, 1.54) is 22.9 Å². The number of esters is 1. The normalized spacial score (nSPS) is 10.4. The van der Waals surface area contributed by atoms with E-state index in [0.717, 1.165) is 11.6 Å². The first-order valence-corrected chi connectivity index (χ1v) is 9.71. The minimum absolute atomic E-state index is 0.00688. The van der Waals surface area contributed by atoms with Crippen LogP contribution in [-0.2, 0) is 16.0 Å². The quantitative estimate of drug-likeness (QED) is 0.406. The summed E-state index contributed by atoms with van der Waals surface area (Å²) in [6, 6.07) is 13.1. The molecule has 0 unspecified atom stereocenters. The van der Waals surface area contributed by atoms with Crippen molar-refractivity contribution in [2.24, 2.45) is 0 Å². The van der Waals surface area contributed by atoms with Gasteiger partial charge in [0.2, 0.25) is 0 Å². The number of benzene rings is 2. The lowest BCUT2D eigenvalue weighted by Gasteiger charge is -2.17. The average molecular weight is 482 g/mol. The zero-order chi connectivity index (χ0) is 22.7. The maximum atomic E-state index is 13.3. The molecule has 1 heterocycles. The number of carbonyl (C=O) groups is 3. The van der Waals surface area contributed by atoms with Crippen molar-refractivity contribution >= 4 is 39.3 Å². The molecule has 156 valence electrons. The highest BCUT2D eigenvalue weighted by atomic mass is 79.9. The van der Waals surface area contributed by atoms with Gasteiger partial charge in [0.25, 0.3) is 0 Å². The highest BCUT2D eigenvalue weighted by Gasteiger charge is 2.27. The number of nitriles is 1. The fraction of sp³-hybridized carbons (Fsp3) is 0.0909. The number of carbonyl (C=O) groups excluding carboxylic acids is 2. The number of nitrogens with two attached hydrogens (primary N) is 1. The Morgan fingerprint density at radius 1 is 1.19 bits per heavy atom. The molecule has 0 aliphatic carbocycles. The van der Waals surface area contributed by atoms with E-state index < -0.39 is 24.1 Å². The molecule has 0 radical (unpaired) electrons. The van der Waals surface area contributed by atoms with Gasteiger partial charge in [-0.1, -0.05) is 28.1 Å². The molecule has 1 aromatic heterocycles. The van der Waals surface area contributed by atoms with E-state index >= 15 is 0 Å². The van der Waals surface area contributed by atoms with Crippen LogP contribution in [0.1, 0.15) is 37.5 Å². The SMILES string of the molecule is COC(=O)c1c(N)c(C#N)cn1-c1c(CC(=O)O)cccc1C(=O)c1ccc(Br)cc1. The van der Waals surface area contributed by atoms with E-state index in [0.29, 0.717) is 5.56 Å². The van der Waals surface area contributed by atoms with E-state index in [4.69, 9.17) is 10.5 Å². The number of methoxy groups -OCH3 is 1. The molecule has 0 atom stereocenters. The number of carboxylic acid groups (broad SMARTS) is 1. The van der Waals surface area contributed by atoms with Crippen molar-refractivity contribution in [1.29, 1.82) is 5.26 Å². The molecule has 0 aliphatic rings. The smallest absolute Gasteiger partial charge is 0.357 e. The molecule has 0 spiro atoms. The van der Waals surface area contributed by atoms with E-state index in [9.17, 15) is 24.8 Å². The average Bonchev–Trinajstić information content (AvgIpc) is 3.08. The number of ether oxygens (including phenoxy) is 1. The molecule has 0 aliphatic heterocycles. The van der Waals surface area contributed by atoms with Gasteiger partial charge in [0.05, 0.1) is 30.5 Å². The topological polar surface area (TPSA) is 135 Å². The zero-order valence-corrected chi connectivity index (χ0v) is 17.8. The lowest BCUT2D eigenvalue weighted by atomic mass is 9.97. The van der Waals surface area contributed by atoms with Gasteiger partial charge in [0.1, 0.15) is 6.07 Å². The molecule has 0 saturated heterocycles. The summed E-state index contributed by atoms with van der Waals surface area (Å²) in [5.41, 5.74) is 6.60. The van der Waals surface area contributed by atoms with Crippen LogP contribution in [0.4, 0.5) is 5.69 Å². The summed E-state index contributed by atoms with van der Waals surface area (Å²) >= 11 is 3.32. The summed E-state index contributed by atoms with van der Waals surface area (Å²) in [4.78, 5) is 37.2. The van der Waals surface area contributed by atoms with Gasteiger partial charge in [-0.25, -0.2) is 4.79 Å². The second-order valence-electron chi connectivity index (χ2n) is 6.50. The number of nitrogens with zero attached hydrogens (tertiary/aromatic N) is 2. The number of hydrogen-bond donors (Lipinski definition) is 2. The number of ketones is 1. The summed E-state index contributed by atoms with van der Waals surface area (Å²) in [5, 5.41) is 18.8. The van der Waals surface area contributed by atoms with Crippen molar-refractivity contribution in [3.63, 3.8) is 0 Å². The Kier molecular flexibility index (Phi) is 6.22. The second kappa shape index (κ2) is 8.85. The third-order valence-electron chi connectivity index (χ3n) is 4.60. The molecule has 0 saturated carbocycles. The first-order valence-electron chi connectivity index (χ1n) is 8.92. The van der Waals surface area contributed by atoms with E-state index in [1.54, 1.807) is 30.3 Å². The highest BCUT2D eigenvalue weighted by molar-refractivity contribution is 9.10. The summed E-state index contributed by atoms with van der Waals surface area (Å²) in [6.45, 7) is 0. The molecule has 3 N–H and O–H groups in total. The molecule has 3 aromatic rings. The number of para-hydroxylation sites is 1. The van der Waals surface area contributed by atoms with Crippen LogP contribution in [0, 0.1) is 11.3 Å². The first-order chi connectivity index (χ1) is 14.8. The number of carboxylic acids is 1. The number of nitrogen functional groups attached to an aromatic ring is 1. The van der Waals surface area contributed by atoms with Gasteiger partial charge in [-0.15, -0.1) is 0 Å². The molecule has 0 bridgehead atoms. The lowest BCUT2D eigenvalue weighted by Crippen LogP contribution is -2.17. The predicted octanol–water partition coefficient (Wildman–Crippen LogP) is 3.34. The number of halogens is 1. The molecule has 0 amide bonds. The monoisotopic (exact) mass is 481 g/mol. The Morgan fingerprint density at radius 3 is 2.45 bits per heavy atom. The van der Waals surface area contributed by atoms with Crippen LogP contribution in [0.25, 0.3) is 5.69 Å². The Bertz CT molecular complexity index is 1240. The van der Waals surface area contributed by atoms with Gasteiger partial charge in [-0.05, 0) is 35.9 Å². The first kappa shape index (κ1) is 21.8. The van der Waals surface area contributed by atoms with Crippen molar-refractivity contribution in [3.8, 4) is 11.8 Å². The van der Waals surface area contributed by atoms with Gasteiger partial charge in [0, 0.05) is 21.8 Å². The van der Waals surface area contributed by atoms with Crippen LogP contribution in [0.3, 0.4) is 0 Å². The second-order valence-corrected chi connectivity index (χ2v) is 7.41. The molecule has 0 fully saturated rings. The summed E-state index contributed by atoms with van der Waals surface area (Å²) < 4.78 is 6.84. The fourth-order valence-electron chi connectivity index (χ4n) is 3.21. The third kappa shape index (κ3) is 4.20. The minimum atomic E-state index is -1.13. The van der Waals surface area contributed by atoms with Crippen LogP contribution >= 0.6 is 15.9 Å². The van der Waals surface area contributed by atoms with E-state index in [1.807, 2.05) is 6.07 Å². The molecule has 3 rings (SSSR count). The van der Waals surface area contributed by atoms with E-state index in [-0.39, 0.29) is 33.8 Å². The summed E-state index contributed by atoms with van der Waals surface area (Å²) in [6.07, 6.45) is 0.873. The summed E-state index contributed by atoms with van der Waals surface area (Å²) in [5.74, 6) is -2.35. The number of hydrogen-bond acceptors (Lipinski definition) is 6. The maximum Gasteiger partial charge on any atom is 0.357 e. The Balaban J connectivity index is 2.35. The van der Waals surface area contributed by atoms with Crippen molar-refractivity contribution in [3.05, 3.63) is 81.1 Å². The fourth-order valence-corrected chi connectivity index (χ4v) is 3.48. The Morgan fingerprint density at radius 2 is 1.87 bits per heavy atom. The minimum Gasteiger partial charge on any atom is -0.481 e. The van der Waals surface area contributed by atoms with E-state index in [2.05, 4.69) is 15.9 Å². The van der Waals surface area contributed by atoms with Gasteiger partial charge in [-0.3, -0.25) is 9.59 Å². The van der Waals surface area contributed by atoms with Crippen molar-refractivity contribution in [1.82, 2.24) is 4.57 Å². The van der Waals surface area contributed by atoms with Gasteiger partial charge in [0.15, 0.2) is 11.5 Å². The van der Waals surface area contributed by atoms with Crippen LogP contribution in [0.2, 0.25) is 0 Å². The zero-order valence-electron chi connectivity index (χ0n) is 16.3. The molecular weight excluding hydrogens is 466 g/mol.